The van der Waals surface area contributed by atoms with Crippen LogP contribution in [0.4, 0.5) is 11.4 Å². The zero-order valence-electron chi connectivity index (χ0n) is 7.07. The molecule has 0 amide bonds. The van der Waals surface area contributed by atoms with Crippen LogP contribution in [0.15, 0.2) is 34.8 Å². The molecule has 0 aromatic heterocycles. The molecule has 0 fully saturated rings. The van der Waals surface area contributed by atoms with E-state index in [0.717, 1.165) is 0 Å². The van der Waals surface area contributed by atoms with Gasteiger partial charge in [-0.25, -0.2) is 11.7 Å². The molecule has 74 valence electrons. The molecule has 8 heteroatoms. The molecular weight excluding hydrogens is 188 g/mol. The molecule has 14 heavy (non-hydrogen) atoms. The van der Waals surface area contributed by atoms with Gasteiger partial charge in [0, 0.05) is 0 Å². The highest BCUT2D eigenvalue weighted by Gasteiger charge is 2.03. The first kappa shape index (κ1) is 10.0. The van der Waals surface area contributed by atoms with E-state index in [9.17, 15) is 9.81 Å². The molecule has 1 rings (SSSR count). The number of nitrogens with two attached hydrogens (primary N) is 2. The molecule has 0 atom stereocenters. The van der Waals surface area contributed by atoms with E-state index in [1.54, 1.807) is 0 Å². The summed E-state index contributed by atoms with van der Waals surface area (Å²) in [5.41, 5.74) is 0.756. The lowest BCUT2D eigenvalue weighted by Crippen LogP contribution is -2.25. The van der Waals surface area contributed by atoms with Crippen molar-refractivity contribution in [1.82, 2.24) is 0 Å². The molecule has 8 nitrogen and oxygen atoms in total. The van der Waals surface area contributed by atoms with Gasteiger partial charge in [0.1, 0.15) is 0 Å². The van der Waals surface area contributed by atoms with Crippen LogP contribution in [0, 0.1) is 9.81 Å². The molecular formula is C6H8N6O2. The predicted octanol–water partition coefficient (Wildman–Crippen LogP) is 0.410. The van der Waals surface area contributed by atoms with E-state index in [1.807, 2.05) is 0 Å². The molecule has 0 saturated heterocycles. The number of hydrogen-bond acceptors (Lipinski definition) is 6. The number of hydrogen-bond donors (Lipinski definition) is 2. The number of nitrogens with zero attached hydrogens (tertiary/aromatic N) is 4. The van der Waals surface area contributed by atoms with E-state index in [2.05, 4.69) is 10.6 Å². The van der Waals surface area contributed by atoms with Gasteiger partial charge in [0.25, 0.3) is 0 Å². The summed E-state index contributed by atoms with van der Waals surface area (Å²) in [6.45, 7) is 0. The van der Waals surface area contributed by atoms with Crippen molar-refractivity contribution in [1.29, 1.82) is 0 Å². The van der Waals surface area contributed by atoms with E-state index in [4.69, 9.17) is 11.7 Å². The summed E-state index contributed by atoms with van der Waals surface area (Å²) in [5.74, 6) is 10.4. The lowest BCUT2D eigenvalue weighted by atomic mass is 10.3. The SMILES string of the molecule is NN(N=O)c1ccc(N(N)N=O)cc1. The minimum atomic E-state index is 0.378. The standard InChI is InChI=1S/C6H8N6O2/c7-11(9-13)5-1-2-6(4-3-5)12(8)10-14/h1-4H,7-8H2. The lowest BCUT2D eigenvalue weighted by Gasteiger charge is -2.10. The normalized spacial score (nSPS) is 9.29. The van der Waals surface area contributed by atoms with Crippen molar-refractivity contribution >= 4 is 11.4 Å². The van der Waals surface area contributed by atoms with Gasteiger partial charge < -0.3 is 0 Å². The highest BCUT2D eigenvalue weighted by Crippen LogP contribution is 2.17. The first-order chi connectivity index (χ1) is 6.69. The first-order valence-electron chi connectivity index (χ1n) is 3.55. The maximum absolute atomic E-state index is 10.0. The predicted molar refractivity (Wildman–Crippen MR) is 51.4 cm³/mol. The van der Waals surface area contributed by atoms with Crippen LogP contribution in [0.1, 0.15) is 0 Å². The third kappa shape index (κ3) is 2.00. The molecule has 1 aromatic carbocycles. The molecule has 0 aliphatic heterocycles. The van der Waals surface area contributed by atoms with Crippen LogP contribution in [0.3, 0.4) is 0 Å². The summed E-state index contributed by atoms with van der Waals surface area (Å²) in [6.07, 6.45) is 0. The van der Waals surface area contributed by atoms with Crippen molar-refractivity contribution in [3.8, 4) is 0 Å². The molecule has 1 aromatic rings. The van der Waals surface area contributed by atoms with Crippen LogP contribution < -0.4 is 21.9 Å². The molecule has 0 bridgehead atoms. The summed E-state index contributed by atoms with van der Waals surface area (Å²) in [5, 5.41) is 6.27. The van der Waals surface area contributed by atoms with Crippen LogP contribution in [-0.2, 0) is 0 Å². The molecule has 0 spiro atoms. The largest absolute Gasteiger partial charge is 0.224 e. The fourth-order valence-electron chi connectivity index (χ4n) is 0.852. The van der Waals surface area contributed by atoms with Crippen LogP contribution in [0.25, 0.3) is 0 Å². The smallest absolute Gasteiger partial charge is 0.0810 e. The van der Waals surface area contributed by atoms with Crippen LogP contribution in [0.5, 0.6) is 0 Å². The number of nitroso groups, excluding NO2 is 2. The van der Waals surface area contributed by atoms with E-state index in [1.165, 1.54) is 24.3 Å². The minimum Gasteiger partial charge on any atom is -0.224 e. The Hall–Kier alpha value is -2.06. The molecule has 4 N–H and O–H groups in total. The van der Waals surface area contributed by atoms with Crippen molar-refractivity contribution in [3.05, 3.63) is 34.1 Å². The van der Waals surface area contributed by atoms with E-state index < -0.39 is 0 Å². The number of rotatable bonds is 4. The zero-order valence-corrected chi connectivity index (χ0v) is 7.07. The van der Waals surface area contributed by atoms with Crippen molar-refractivity contribution in [3.63, 3.8) is 0 Å². The van der Waals surface area contributed by atoms with Gasteiger partial charge in [0.15, 0.2) is 0 Å². The van der Waals surface area contributed by atoms with Gasteiger partial charge in [0.2, 0.25) is 0 Å². The van der Waals surface area contributed by atoms with Gasteiger partial charge in [-0.2, -0.15) is 10.2 Å². The summed E-state index contributed by atoms with van der Waals surface area (Å²) in [7, 11) is 0. The van der Waals surface area contributed by atoms with Gasteiger partial charge in [-0.1, -0.05) is 0 Å². The third-order valence-corrected chi connectivity index (χ3v) is 1.55. The minimum absolute atomic E-state index is 0.378. The second-order valence-corrected chi connectivity index (χ2v) is 2.37. The van der Waals surface area contributed by atoms with Crippen molar-refractivity contribution in [2.45, 2.75) is 0 Å². The van der Waals surface area contributed by atoms with E-state index in [0.29, 0.717) is 21.6 Å². The Kier molecular flexibility index (Phi) is 3.05. The Morgan fingerprint density at radius 3 is 1.36 bits per heavy atom. The second kappa shape index (κ2) is 4.25. The van der Waals surface area contributed by atoms with Gasteiger partial charge in [-0.3, -0.25) is 0 Å². The Labute approximate surface area is 78.9 Å². The van der Waals surface area contributed by atoms with Crippen LogP contribution in [0.2, 0.25) is 0 Å². The van der Waals surface area contributed by atoms with Gasteiger partial charge in [-0.05, 0) is 24.3 Å². The number of hydrazine groups is 2. The zero-order chi connectivity index (χ0) is 10.6. The van der Waals surface area contributed by atoms with Gasteiger partial charge in [-0.15, -0.1) is 9.81 Å². The Morgan fingerprint density at radius 1 is 0.857 bits per heavy atom. The van der Waals surface area contributed by atoms with Gasteiger partial charge in [0.05, 0.1) is 21.9 Å². The quantitative estimate of drug-likeness (QED) is 0.409. The first-order valence-corrected chi connectivity index (χ1v) is 3.55. The fraction of sp³-hybridized carbons (Fsp3) is 0. The third-order valence-electron chi connectivity index (χ3n) is 1.55. The second-order valence-electron chi connectivity index (χ2n) is 2.37. The Morgan fingerprint density at radius 2 is 1.14 bits per heavy atom. The fourth-order valence-corrected chi connectivity index (χ4v) is 0.852. The number of benzene rings is 1. The topological polar surface area (TPSA) is 117 Å². The van der Waals surface area contributed by atoms with E-state index in [-0.39, 0.29) is 0 Å². The molecule has 0 radical (unpaired) electrons. The summed E-state index contributed by atoms with van der Waals surface area (Å²) < 4.78 is 0. The van der Waals surface area contributed by atoms with Crippen molar-refractivity contribution in [2.24, 2.45) is 22.3 Å². The summed E-state index contributed by atoms with van der Waals surface area (Å²) >= 11 is 0. The molecule has 0 aliphatic rings. The maximum Gasteiger partial charge on any atom is 0.0810 e. The van der Waals surface area contributed by atoms with Crippen molar-refractivity contribution < 1.29 is 0 Å². The Balaban J connectivity index is 2.88. The average Bonchev–Trinajstić information content (AvgIpc) is 2.27. The van der Waals surface area contributed by atoms with Crippen molar-refractivity contribution in [2.75, 3.05) is 10.2 Å². The molecule has 0 saturated carbocycles. The average molecular weight is 196 g/mol. The Bertz CT molecular complexity index is 293. The number of anilines is 2. The highest BCUT2D eigenvalue weighted by atomic mass is 16.3. The lowest BCUT2D eigenvalue weighted by molar-refractivity contribution is 0.903. The van der Waals surface area contributed by atoms with Crippen LogP contribution >= 0.6 is 0 Å². The summed E-state index contributed by atoms with van der Waals surface area (Å²) in [4.78, 5) is 20.1. The monoisotopic (exact) mass is 196 g/mol. The maximum atomic E-state index is 10.0. The molecule has 0 heterocycles. The molecule has 0 unspecified atom stereocenters. The van der Waals surface area contributed by atoms with E-state index >= 15 is 0 Å². The van der Waals surface area contributed by atoms with Gasteiger partial charge >= 0.3 is 0 Å². The van der Waals surface area contributed by atoms with Crippen LogP contribution in [-0.4, -0.2) is 0 Å². The summed E-state index contributed by atoms with van der Waals surface area (Å²) in [6, 6.07) is 5.90. The molecule has 0 aliphatic carbocycles. The highest BCUT2D eigenvalue weighted by molar-refractivity contribution is 5.54.